The Morgan fingerprint density at radius 1 is 0.893 bits per heavy atom. The second-order valence-corrected chi connectivity index (χ2v) is 7.85. The van der Waals surface area contributed by atoms with Crippen LogP contribution in [-0.4, -0.2) is 54.3 Å². The topological polar surface area (TPSA) is 52.7 Å². The van der Waals surface area contributed by atoms with Crippen molar-refractivity contribution < 1.29 is 9.59 Å². The Kier molecular flexibility index (Phi) is 10.2. The monoisotopic (exact) mass is 389 g/mol. The van der Waals surface area contributed by atoms with Gasteiger partial charge in [0.05, 0.1) is 0 Å². The predicted octanol–water partition coefficient (Wildman–Crippen LogP) is 4.45. The largest absolute Gasteiger partial charge is 0.341 e. The summed E-state index contributed by atoms with van der Waals surface area (Å²) in [6, 6.07) is 6.14. The van der Waals surface area contributed by atoms with E-state index >= 15 is 0 Å². The maximum atomic E-state index is 12.7. The number of nitrogens with zero attached hydrogens (tertiary/aromatic N) is 2. The van der Waals surface area contributed by atoms with E-state index in [9.17, 15) is 9.59 Å². The molecule has 0 atom stereocenters. The number of para-hydroxylation sites is 1. The second kappa shape index (κ2) is 11.8. The van der Waals surface area contributed by atoms with Crippen LogP contribution in [0.25, 0.3) is 0 Å². The maximum Gasteiger partial charge on any atom is 0.233 e. The highest BCUT2D eigenvalue weighted by Gasteiger charge is 2.20. The summed E-state index contributed by atoms with van der Waals surface area (Å²) >= 11 is 0. The molecule has 0 bridgehead atoms. The summed E-state index contributed by atoms with van der Waals surface area (Å²) in [5, 5.41) is 3.04. The highest BCUT2D eigenvalue weighted by atomic mass is 16.2. The smallest absolute Gasteiger partial charge is 0.233 e. The third kappa shape index (κ3) is 6.93. The van der Waals surface area contributed by atoms with Gasteiger partial charge in [0.2, 0.25) is 11.8 Å². The lowest BCUT2D eigenvalue weighted by molar-refractivity contribution is -0.134. The van der Waals surface area contributed by atoms with Gasteiger partial charge in [-0.25, -0.2) is 0 Å². The molecule has 1 rings (SSSR count). The highest BCUT2D eigenvalue weighted by molar-refractivity contribution is 6.04. The van der Waals surface area contributed by atoms with E-state index in [1.165, 1.54) is 0 Å². The Hall–Kier alpha value is -1.88. The zero-order valence-corrected chi connectivity index (χ0v) is 18.8. The molecular formula is C23H39N3O2. The van der Waals surface area contributed by atoms with Crippen LogP contribution in [0.15, 0.2) is 18.2 Å². The third-order valence-electron chi connectivity index (χ3n) is 5.26. The summed E-state index contributed by atoms with van der Waals surface area (Å²) in [4.78, 5) is 29.4. The summed E-state index contributed by atoms with van der Waals surface area (Å²) < 4.78 is 0. The van der Waals surface area contributed by atoms with Crippen LogP contribution in [0.4, 0.5) is 5.69 Å². The van der Waals surface area contributed by atoms with Gasteiger partial charge in [0.15, 0.2) is 0 Å². The van der Waals surface area contributed by atoms with E-state index in [1.54, 1.807) is 4.90 Å². The van der Waals surface area contributed by atoms with Gasteiger partial charge in [0, 0.05) is 25.3 Å². The van der Waals surface area contributed by atoms with Crippen LogP contribution >= 0.6 is 0 Å². The van der Waals surface area contributed by atoms with Crippen molar-refractivity contribution in [1.29, 1.82) is 0 Å². The van der Waals surface area contributed by atoms with E-state index in [-0.39, 0.29) is 18.2 Å². The first kappa shape index (κ1) is 24.2. The Bertz CT molecular complexity index is 610. The minimum Gasteiger partial charge on any atom is -0.341 e. The van der Waals surface area contributed by atoms with Crippen LogP contribution < -0.4 is 5.32 Å². The molecule has 0 fully saturated rings. The number of hydrogen-bond acceptors (Lipinski definition) is 3. The average molecular weight is 390 g/mol. The SMILES string of the molecule is CCN(CC)CCN(CC)C(=O)CC(=O)Nc1c(C(C)C)cccc1C(C)C. The van der Waals surface area contributed by atoms with Gasteiger partial charge in [-0.2, -0.15) is 0 Å². The zero-order valence-electron chi connectivity index (χ0n) is 18.8. The van der Waals surface area contributed by atoms with Crippen molar-refractivity contribution in [3.63, 3.8) is 0 Å². The number of hydrogen-bond donors (Lipinski definition) is 1. The predicted molar refractivity (Wildman–Crippen MR) is 118 cm³/mol. The van der Waals surface area contributed by atoms with Crippen LogP contribution in [0.5, 0.6) is 0 Å². The van der Waals surface area contributed by atoms with Crippen molar-refractivity contribution >= 4 is 17.5 Å². The standard InChI is InChI=1S/C23H39N3O2/c1-8-25(9-2)14-15-26(10-3)22(28)16-21(27)24-23-19(17(4)5)12-11-13-20(23)18(6)7/h11-13,17-18H,8-10,14-16H2,1-7H3,(H,24,27). The highest BCUT2D eigenvalue weighted by Crippen LogP contribution is 2.32. The van der Waals surface area contributed by atoms with Crippen molar-refractivity contribution in [2.24, 2.45) is 0 Å². The van der Waals surface area contributed by atoms with Crippen molar-refractivity contribution in [1.82, 2.24) is 9.80 Å². The van der Waals surface area contributed by atoms with Crippen LogP contribution in [0.1, 0.15) is 77.8 Å². The summed E-state index contributed by atoms with van der Waals surface area (Å²) in [5.74, 6) is 0.249. The summed E-state index contributed by atoms with van der Waals surface area (Å²) in [6.45, 7) is 18.7. The lowest BCUT2D eigenvalue weighted by Crippen LogP contribution is -2.39. The molecule has 0 unspecified atom stereocenters. The van der Waals surface area contributed by atoms with Crippen LogP contribution in [0.3, 0.4) is 0 Å². The molecule has 28 heavy (non-hydrogen) atoms. The number of rotatable bonds is 11. The molecule has 0 aliphatic carbocycles. The maximum absolute atomic E-state index is 12.7. The summed E-state index contributed by atoms with van der Waals surface area (Å²) in [7, 11) is 0. The molecule has 5 heteroatoms. The van der Waals surface area contributed by atoms with E-state index in [2.05, 4.69) is 63.9 Å². The number of likely N-dealkylation sites (N-methyl/N-ethyl adjacent to an activating group) is 2. The van der Waals surface area contributed by atoms with E-state index in [0.717, 1.165) is 36.4 Å². The van der Waals surface area contributed by atoms with Crippen molar-refractivity contribution in [2.45, 2.75) is 66.7 Å². The molecule has 0 aliphatic heterocycles. The molecule has 0 radical (unpaired) electrons. The van der Waals surface area contributed by atoms with Crippen LogP contribution in [0.2, 0.25) is 0 Å². The zero-order chi connectivity index (χ0) is 21.3. The molecule has 5 nitrogen and oxygen atoms in total. The lowest BCUT2D eigenvalue weighted by atomic mass is 9.92. The van der Waals surface area contributed by atoms with Gasteiger partial charge in [-0.15, -0.1) is 0 Å². The number of amides is 2. The minimum absolute atomic E-state index is 0.111. The van der Waals surface area contributed by atoms with Crippen molar-refractivity contribution in [2.75, 3.05) is 38.0 Å². The molecule has 0 heterocycles. The lowest BCUT2D eigenvalue weighted by Gasteiger charge is -2.25. The number of nitrogens with one attached hydrogen (secondary N) is 1. The number of anilines is 1. The van der Waals surface area contributed by atoms with Crippen molar-refractivity contribution in [3.8, 4) is 0 Å². The van der Waals surface area contributed by atoms with Gasteiger partial charge in [-0.1, -0.05) is 59.7 Å². The van der Waals surface area contributed by atoms with Gasteiger partial charge in [0.25, 0.3) is 0 Å². The molecule has 158 valence electrons. The normalized spacial score (nSPS) is 11.4. The Balaban J connectivity index is 2.84. The molecule has 0 aromatic heterocycles. The van der Waals surface area contributed by atoms with Crippen LogP contribution in [-0.2, 0) is 9.59 Å². The van der Waals surface area contributed by atoms with Crippen LogP contribution in [0, 0.1) is 0 Å². The molecule has 0 spiro atoms. The fourth-order valence-electron chi connectivity index (χ4n) is 3.39. The minimum atomic E-state index is -0.235. The number of carbonyl (C=O) groups is 2. The molecule has 2 amide bonds. The fraction of sp³-hybridized carbons (Fsp3) is 0.652. The quantitative estimate of drug-likeness (QED) is 0.569. The summed E-state index contributed by atoms with van der Waals surface area (Å²) in [6.07, 6.45) is -0.115. The Labute approximate surface area is 171 Å². The molecule has 0 saturated heterocycles. The number of carbonyl (C=O) groups excluding carboxylic acids is 2. The van der Waals surface area contributed by atoms with Gasteiger partial charge < -0.3 is 15.1 Å². The Morgan fingerprint density at radius 2 is 1.43 bits per heavy atom. The van der Waals surface area contributed by atoms with Crippen molar-refractivity contribution in [3.05, 3.63) is 29.3 Å². The second-order valence-electron chi connectivity index (χ2n) is 7.85. The molecule has 1 aromatic carbocycles. The third-order valence-corrected chi connectivity index (χ3v) is 5.26. The van der Waals surface area contributed by atoms with E-state index < -0.39 is 0 Å². The summed E-state index contributed by atoms with van der Waals surface area (Å²) in [5.41, 5.74) is 3.10. The first-order valence-corrected chi connectivity index (χ1v) is 10.7. The fourth-order valence-corrected chi connectivity index (χ4v) is 3.39. The van der Waals surface area contributed by atoms with E-state index in [1.807, 2.05) is 13.0 Å². The molecule has 0 aliphatic rings. The molecule has 1 aromatic rings. The van der Waals surface area contributed by atoms with Gasteiger partial charge in [-0.05, 0) is 43.0 Å². The molecular weight excluding hydrogens is 350 g/mol. The van der Waals surface area contributed by atoms with E-state index in [4.69, 9.17) is 0 Å². The first-order valence-electron chi connectivity index (χ1n) is 10.7. The van der Waals surface area contributed by atoms with Gasteiger partial charge in [0.1, 0.15) is 6.42 Å². The number of benzene rings is 1. The van der Waals surface area contributed by atoms with E-state index in [0.29, 0.717) is 24.9 Å². The van der Waals surface area contributed by atoms with Gasteiger partial charge >= 0.3 is 0 Å². The van der Waals surface area contributed by atoms with Gasteiger partial charge in [-0.3, -0.25) is 9.59 Å². The molecule has 0 saturated carbocycles. The first-order chi connectivity index (χ1) is 13.2. The average Bonchev–Trinajstić information content (AvgIpc) is 2.64. The Morgan fingerprint density at radius 3 is 1.86 bits per heavy atom. The molecule has 1 N–H and O–H groups in total.